The molecule has 15 heavy (non-hydrogen) atoms. The van der Waals surface area contributed by atoms with Gasteiger partial charge in [-0.1, -0.05) is 33.6 Å². The van der Waals surface area contributed by atoms with Gasteiger partial charge in [0.2, 0.25) is 0 Å². The van der Waals surface area contributed by atoms with E-state index in [1.54, 1.807) is 0 Å². The summed E-state index contributed by atoms with van der Waals surface area (Å²) in [6, 6.07) is 0.679. The minimum atomic E-state index is -0.202. The van der Waals surface area contributed by atoms with Crippen molar-refractivity contribution in [2.45, 2.75) is 52.5 Å². The first kappa shape index (κ1) is 12.7. The lowest BCUT2D eigenvalue weighted by molar-refractivity contribution is -0.115. The number of hydrogen-bond donors (Lipinski definition) is 0. The van der Waals surface area contributed by atoms with Crippen LogP contribution in [0.1, 0.15) is 46.5 Å². The van der Waals surface area contributed by atoms with Crippen molar-refractivity contribution in [2.75, 3.05) is 13.6 Å². The molecule has 1 fully saturated rings. The molecule has 1 aliphatic rings. The zero-order chi connectivity index (χ0) is 11.5. The summed E-state index contributed by atoms with van der Waals surface area (Å²) in [5.41, 5.74) is -0.202. The maximum atomic E-state index is 10.9. The topological polar surface area (TPSA) is 20.3 Å². The van der Waals surface area contributed by atoms with E-state index < -0.39 is 0 Å². The van der Waals surface area contributed by atoms with Crippen molar-refractivity contribution >= 4 is 6.29 Å². The summed E-state index contributed by atoms with van der Waals surface area (Å²) in [5, 5.41) is 0. The highest BCUT2D eigenvalue weighted by molar-refractivity contribution is 5.58. The van der Waals surface area contributed by atoms with Gasteiger partial charge in [0, 0.05) is 18.0 Å². The Morgan fingerprint density at radius 3 is 2.47 bits per heavy atom. The van der Waals surface area contributed by atoms with Crippen molar-refractivity contribution in [3.63, 3.8) is 0 Å². The number of rotatable bonds is 4. The Morgan fingerprint density at radius 1 is 1.33 bits per heavy atom. The molecule has 0 N–H and O–H groups in total. The second kappa shape index (κ2) is 5.11. The van der Waals surface area contributed by atoms with Gasteiger partial charge in [0.25, 0.3) is 0 Å². The molecule has 1 rings (SSSR count). The van der Waals surface area contributed by atoms with Gasteiger partial charge in [-0.05, 0) is 25.8 Å². The van der Waals surface area contributed by atoms with Gasteiger partial charge in [-0.2, -0.15) is 0 Å². The highest BCUT2D eigenvalue weighted by atomic mass is 16.1. The summed E-state index contributed by atoms with van der Waals surface area (Å²) in [6.45, 7) is 7.26. The first-order valence-electron chi connectivity index (χ1n) is 6.13. The lowest BCUT2D eigenvalue weighted by Crippen LogP contribution is -2.43. The molecule has 2 atom stereocenters. The predicted octanol–water partition coefficient (Wildman–Crippen LogP) is 2.72. The van der Waals surface area contributed by atoms with Crippen molar-refractivity contribution in [1.82, 2.24) is 4.90 Å². The van der Waals surface area contributed by atoms with Crippen molar-refractivity contribution in [1.29, 1.82) is 0 Å². The zero-order valence-electron chi connectivity index (χ0n) is 10.6. The van der Waals surface area contributed by atoms with Crippen molar-refractivity contribution in [3.05, 3.63) is 0 Å². The van der Waals surface area contributed by atoms with Crippen LogP contribution in [0.3, 0.4) is 0 Å². The summed E-state index contributed by atoms with van der Waals surface area (Å²) >= 11 is 0. The molecule has 0 amide bonds. The first-order chi connectivity index (χ1) is 6.96. The molecule has 0 spiro atoms. The Balaban J connectivity index is 2.51. The van der Waals surface area contributed by atoms with Gasteiger partial charge >= 0.3 is 0 Å². The van der Waals surface area contributed by atoms with E-state index in [4.69, 9.17) is 0 Å². The van der Waals surface area contributed by atoms with Crippen LogP contribution in [0.15, 0.2) is 0 Å². The second-order valence-corrected chi connectivity index (χ2v) is 5.85. The highest BCUT2D eigenvalue weighted by Crippen LogP contribution is 2.28. The number of carbonyl (C=O) groups is 1. The molecule has 1 aliphatic carbocycles. The summed E-state index contributed by atoms with van der Waals surface area (Å²) in [5.74, 6) is 0.784. The Bertz CT molecular complexity index is 213. The van der Waals surface area contributed by atoms with Gasteiger partial charge in [0.1, 0.15) is 6.29 Å². The number of carbonyl (C=O) groups excluding carboxylic acids is 1. The number of nitrogens with zero attached hydrogens (tertiary/aromatic N) is 1. The van der Waals surface area contributed by atoms with Crippen LogP contribution >= 0.6 is 0 Å². The molecular weight excluding hydrogens is 186 g/mol. The summed E-state index contributed by atoms with van der Waals surface area (Å²) in [7, 11) is 2.16. The van der Waals surface area contributed by atoms with Crippen LogP contribution in [0.5, 0.6) is 0 Å². The molecule has 2 heteroatoms. The van der Waals surface area contributed by atoms with E-state index in [1.807, 2.05) is 13.8 Å². The lowest BCUT2D eigenvalue weighted by Gasteiger charge is -2.38. The fraction of sp³-hybridized carbons (Fsp3) is 0.923. The van der Waals surface area contributed by atoms with Crippen molar-refractivity contribution in [3.8, 4) is 0 Å². The molecule has 0 heterocycles. The van der Waals surface area contributed by atoms with E-state index in [-0.39, 0.29) is 5.41 Å². The van der Waals surface area contributed by atoms with Crippen LogP contribution in [-0.2, 0) is 4.79 Å². The van der Waals surface area contributed by atoms with Crippen LogP contribution in [0.2, 0.25) is 0 Å². The fourth-order valence-corrected chi connectivity index (χ4v) is 2.75. The first-order valence-corrected chi connectivity index (χ1v) is 6.13. The van der Waals surface area contributed by atoms with Crippen LogP contribution in [0, 0.1) is 11.3 Å². The smallest absolute Gasteiger partial charge is 0.126 e. The third-order valence-corrected chi connectivity index (χ3v) is 3.61. The minimum absolute atomic E-state index is 0.202. The Hall–Kier alpha value is -0.370. The van der Waals surface area contributed by atoms with Gasteiger partial charge in [-0.3, -0.25) is 0 Å². The molecule has 0 radical (unpaired) electrons. The number of aldehydes is 1. The van der Waals surface area contributed by atoms with E-state index in [9.17, 15) is 4.79 Å². The van der Waals surface area contributed by atoms with E-state index >= 15 is 0 Å². The summed E-state index contributed by atoms with van der Waals surface area (Å²) in [4.78, 5) is 13.3. The minimum Gasteiger partial charge on any atom is -0.303 e. The molecule has 0 aliphatic heterocycles. The second-order valence-electron chi connectivity index (χ2n) is 5.85. The van der Waals surface area contributed by atoms with Gasteiger partial charge in [-0.15, -0.1) is 0 Å². The molecule has 0 aromatic rings. The molecular formula is C13H25NO. The molecule has 0 bridgehead atoms. The van der Waals surface area contributed by atoms with E-state index in [1.165, 1.54) is 25.7 Å². The predicted molar refractivity (Wildman–Crippen MR) is 63.9 cm³/mol. The van der Waals surface area contributed by atoms with Crippen LogP contribution < -0.4 is 0 Å². The van der Waals surface area contributed by atoms with Gasteiger partial charge in [0.15, 0.2) is 0 Å². The summed E-state index contributed by atoms with van der Waals surface area (Å²) < 4.78 is 0. The largest absolute Gasteiger partial charge is 0.303 e. The quantitative estimate of drug-likeness (QED) is 0.666. The Labute approximate surface area is 94.0 Å². The van der Waals surface area contributed by atoms with Crippen LogP contribution in [-0.4, -0.2) is 30.8 Å². The Kier molecular flexibility index (Phi) is 4.32. The normalized spacial score (nSPS) is 28.1. The zero-order valence-corrected chi connectivity index (χ0v) is 10.6. The van der Waals surface area contributed by atoms with Gasteiger partial charge in [0.05, 0.1) is 0 Å². The average molecular weight is 211 g/mol. The van der Waals surface area contributed by atoms with E-state index in [0.717, 1.165) is 18.7 Å². The Morgan fingerprint density at radius 2 is 1.93 bits per heavy atom. The maximum absolute atomic E-state index is 10.9. The number of hydrogen-bond acceptors (Lipinski definition) is 2. The van der Waals surface area contributed by atoms with Gasteiger partial charge in [-0.25, -0.2) is 0 Å². The fourth-order valence-electron chi connectivity index (χ4n) is 2.75. The lowest BCUT2D eigenvalue weighted by atomic mass is 9.84. The molecule has 0 saturated heterocycles. The monoisotopic (exact) mass is 211 g/mol. The third-order valence-electron chi connectivity index (χ3n) is 3.61. The van der Waals surface area contributed by atoms with E-state index in [0.29, 0.717) is 6.04 Å². The molecule has 2 unspecified atom stereocenters. The molecule has 2 nitrogen and oxygen atoms in total. The highest BCUT2D eigenvalue weighted by Gasteiger charge is 2.28. The maximum Gasteiger partial charge on any atom is 0.126 e. The van der Waals surface area contributed by atoms with E-state index in [2.05, 4.69) is 18.9 Å². The third kappa shape index (κ3) is 3.60. The summed E-state index contributed by atoms with van der Waals surface area (Å²) in [6.07, 6.45) is 6.45. The van der Waals surface area contributed by atoms with Crippen LogP contribution in [0.25, 0.3) is 0 Å². The average Bonchev–Trinajstić information content (AvgIpc) is 2.17. The molecule has 1 saturated carbocycles. The molecule has 0 aromatic heterocycles. The molecule has 88 valence electrons. The molecule has 0 aromatic carbocycles. The van der Waals surface area contributed by atoms with Crippen molar-refractivity contribution < 1.29 is 4.79 Å². The van der Waals surface area contributed by atoms with Crippen LogP contribution in [0.4, 0.5) is 0 Å². The standard InChI is InChI=1S/C13H25NO/c1-11-7-5-6-8-12(11)14(4)9-13(2,3)10-15/h10-12H,5-9H2,1-4H3. The van der Waals surface area contributed by atoms with Gasteiger partial charge < -0.3 is 9.69 Å². The van der Waals surface area contributed by atoms with Crippen molar-refractivity contribution in [2.24, 2.45) is 11.3 Å². The SMILES string of the molecule is CC1CCCCC1N(C)CC(C)(C)C=O.